The van der Waals surface area contributed by atoms with Crippen LogP contribution >= 0.6 is 11.6 Å². The van der Waals surface area contributed by atoms with Gasteiger partial charge in [0, 0.05) is 20.3 Å². The highest BCUT2D eigenvalue weighted by atomic mass is 35.5. The van der Waals surface area contributed by atoms with Gasteiger partial charge in [-0.2, -0.15) is 0 Å². The highest BCUT2D eigenvalue weighted by Crippen LogP contribution is 2.22. The molecule has 1 aromatic heterocycles. The molecule has 0 amide bonds. The van der Waals surface area contributed by atoms with E-state index in [4.69, 9.17) is 16.3 Å². The molecule has 0 fully saturated rings. The first kappa shape index (κ1) is 15.5. The van der Waals surface area contributed by atoms with Crippen molar-refractivity contribution in [1.29, 1.82) is 0 Å². The van der Waals surface area contributed by atoms with Crippen molar-refractivity contribution in [1.82, 2.24) is 9.55 Å². The quantitative estimate of drug-likeness (QED) is 0.678. The monoisotopic (exact) mass is 312 g/mol. The minimum absolute atomic E-state index is 0.0770. The molecule has 2 aromatic rings. The van der Waals surface area contributed by atoms with E-state index in [0.29, 0.717) is 18.6 Å². The van der Waals surface area contributed by atoms with Gasteiger partial charge in [0.1, 0.15) is 11.0 Å². The molecule has 1 aromatic carbocycles. The summed E-state index contributed by atoms with van der Waals surface area (Å²) in [5, 5.41) is -0.0985. The number of nitrogens with one attached hydrogen (secondary N) is 1. The van der Waals surface area contributed by atoms with Gasteiger partial charge in [0.2, 0.25) is 0 Å². The lowest BCUT2D eigenvalue weighted by atomic mass is 10.1. The third-order valence-electron chi connectivity index (χ3n) is 2.98. The van der Waals surface area contributed by atoms with Gasteiger partial charge < -0.3 is 4.74 Å². The first-order chi connectivity index (χ1) is 10.0. The van der Waals surface area contributed by atoms with Crippen LogP contribution in [0.25, 0.3) is 11.1 Å². The van der Waals surface area contributed by atoms with Crippen LogP contribution in [0.4, 0.5) is 4.39 Å². The zero-order valence-electron chi connectivity index (χ0n) is 11.4. The Morgan fingerprint density at radius 3 is 2.81 bits per heavy atom. The second-order valence-corrected chi connectivity index (χ2v) is 4.81. The van der Waals surface area contributed by atoms with Crippen molar-refractivity contribution in [2.75, 3.05) is 13.7 Å². The minimum atomic E-state index is -0.596. The van der Waals surface area contributed by atoms with Crippen LogP contribution in [-0.4, -0.2) is 23.3 Å². The van der Waals surface area contributed by atoms with E-state index >= 15 is 0 Å². The summed E-state index contributed by atoms with van der Waals surface area (Å²) in [6.07, 6.45) is 0.504. The van der Waals surface area contributed by atoms with Crippen LogP contribution in [0.1, 0.15) is 6.42 Å². The number of benzene rings is 1. The molecule has 7 heteroatoms. The smallest absolute Gasteiger partial charge is 0.329 e. The molecule has 0 bridgehead atoms. The fourth-order valence-corrected chi connectivity index (χ4v) is 2.28. The highest BCUT2D eigenvalue weighted by molar-refractivity contribution is 6.32. The maximum atomic E-state index is 13.3. The van der Waals surface area contributed by atoms with Crippen LogP contribution < -0.4 is 11.2 Å². The summed E-state index contributed by atoms with van der Waals surface area (Å²) >= 11 is 5.94. The van der Waals surface area contributed by atoms with Gasteiger partial charge in [0.15, 0.2) is 0 Å². The van der Waals surface area contributed by atoms with Gasteiger partial charge >= 0.3 is 5.69 Å². The standard InChI is InChI=1S/C14H14ClFN2O3/c1-21-7-3-6-18-13(19)11(12(15)17-14(18)20)9-4-2-5-10(16)8-9/h2,4-5,8H,3,6-7H2,1H3,(H,17,20). The predicted molar refractivity (Wildman–Crippen MR) is 78.2 cm³/mol. The molecule has 0 aliphatic rings. The summed E-state index contributed by atoms with van der Waals surface area (Å²) in [7, 11) is 1.53. The van der Waals surface area contributed by atoms with Crippen molar-refractivity contribution in [2.45, 2.75) is 13.0 Å². The average molecular weight is 313 g/mol. The number of rotatable bonds is 5. The van der Waals surface area contributed by atoms with Crippen LogP contribution in [0.5, 0.6) is 0 Å². The van der Waals surface area contributed by atoms with Crippen molar-refractivity contribution < 1.29 is 9.13 Å². The Bertz CT molecular complexity index is 755. The second kappa shape index (κ2) is 6.69. The summed E-state index contributed by atoms with van der Waals surface area (Å²) in [6, 6.07) is 5.49. The Morgan fingerprint density at radius 1 is 1.38 bits per heavy atom. The molecule has 112 valence electrons. The van der Waals surface area contributed by atoms with E-state index in [1.165, 1.54) is 25.3 Å². The normalized spacial score (nSPS) is 10.8. The van der Waals surface area contributed by atoms with E-state index < -0.39 is 17.1 Å². The zero-order valence-corrected chi connectivity index (χ0v) is 12.1. The van der Waals surface area contributed by atoms with Gasteiger partial charge in [0.05, 0.1) is 5.56 Å². The molecular formula is C14H14ClFN2O3. The molecule has 5 nitrogen and oxygen atoms in total. The molecule has 21 heavy (non-hydrogen) atoms. The predicted octanol–water partition coefficient (Wildman–Crippen LogP) is 2.03. The Morgan fingerprint density at radius 2 is 2.14 bits per heavy atom. The number of aromatic nitrogens is 2. The number of aromatic amines is 1. The van der Waals surface area contributed by atoms with E-state index in [9.17, 15) is 14.0 Å². The number of H-pyrrole nitrogens is 1. The first-order valence-corrected chi connectivity index (χ1v) is 6.70. The Kier molecular flexibility index (Phi) is 4.93. The second-order valence-electron chi connectivity index (χ2n) is 4.43. The van der Waals surface area contributed by atoms with E-state index in [1.807, 2.05) is 0 Å². The average Bonchev–Trinajstić information content (AvgIpc) is 2.42. The van der Waals surface area contributed by atoms with Crippen molar-refractivity contribution in [2.24, 2.45) is 0 Å². The molecule has 0 unspecified atom stereocenters. The summed E-state index contributed by atoms with van der Waals surface area (Å²) in [5.74, 6) is -0.486. The largest absolute Gasteiger partial charge is 0.385 e. The molecule has 0 saturated heterocycles. The molecule has 0 radical (unpaired) electrons. The van der Waals surface area contributed by atoms with Crippen LogP contribution in [0.2, 0.25) is 5.15 Å². The third kappa shape index (κ3) is 3.40. The number of methoxy groups -OCH3 is 1. The molecule has 0 atom stereocenters. The lowest BCUT2D eigenvalue weighted by molar-refractivity contribution is 0.189. The molecule has 0 aliphatic heterocycles. The number of nitrogens with zero attached hydrogens (tertiary/aromatic N) is 1. The van der Waals surface area contributed by atoms with Crippen LogP contribution in [0.15, 0.2) is 33.9 Å². The van der Waals surface area contributed by atoms with Crippen LogP contribution in [0, 0.1) is 5.82 Å². The van der Waals surface area contributed by atoms with E-state index in [1.54, 1.807) is 6.07 Å². The van der Waals surface area contributed by atoms with Gasteiger partial charge in [-0.25, -0.2) is 9.18 Å². The van der Waals surface area contributed by atoms with Gasteiger partial charge in [-0.1, -0.05) is 23.7 Å². The van der Waals surface area contributed by atoms with E-state index in [-0.39, 0.29) is 17.3 Å². The minimum Gasteiger partial charge on any atom is -0.385 e. The van der Waals surface area contributed by atoms with Crippen molar-refractivity contribution in [3.05, 3.63) is 56.1 Å². The lowest BCUT2D eigenvalue weighted by Crippen LogP contribution is -2.36. The molecule has 0 aliphatic carbocycles. The molecule has 2 rings (SSSR count). The zero-order chi connectivity index (χ0) is 15.4. The van der Waals surface area contributed by atoms with Crippen molar-refractivity contribution in [3.8, 4) is 11.1 Å². The summed E-state index contributed by atoms with van der Waals surface area (Å²) in [4.78, 5) is 26.6. The topological polar surface area (TPSA) is 64.1 Å². The number of hydrogen-bond donors (Lipinski definition) is 1. The maximum Gasteiger partial charge on any atom is 0.329 e. The Balaban J connectivity index is 2.54. The van der Waals surface area contributed by atoms with Gasteiger partial charge in [-0.3, -0.25) is 14.3 Å². The maximum absolute atomic E-state index is 13.3. The van der Waals surface area contributed by atoms with Crippen LogP contribution in [-0.2, 0) is 11.3 Å². The van der Waals surface area contributed by atoms with Gasteiger partial charge in [0.25, 0.3) is 5.56 Å². The fourth-order valence-electron chi connectivity index (χ4n) is 2.01. The SMILES string of the molecule is COCCCn1c(=O)[nH]c(Cl)c(-c2cccc(F)c2)c1=O. The van der Waals surface area contributed by atoms with Crippen molar-refractivity contribution >= 4 is 11.6 Å². The molecule has 1 N–H and O–H groups in total. The summed E-state index contributed by atoms with van der Waals surface area (Å²) in [5.41, 5.74) is -0.748. The molecule has 0 spiro atoms. The summed E-state index contributed by atoms with van der Waals surface area (Å²) in [6.45, 7) is 0.616. The van der Waals surface area contributed by atoms with E-state index in [0.717, 1.165) is 4.57 Å². The van der Waals surface area contributed by atoms with Gasteiger partial charge in [-0.05, 0) is 24.1 Å². The Labute approximate surface area is 125 Å². The highest BCUT2D eigenvalue weighted by Gasteiger charge is 2.15. The van der Waals surface area contributed by atoms with E-state index in [2.05, 4.69) is 4.98 Å². The van der Waals surface area contributed by atoms with Gasteiger partial charge in [-0.15, -0.1) is 0 Å². The molecule has 1 heterocycles. The van der Waals surface area contributed by atoms with Crippen molar-refractivity contribution in [3.63, 3.8) is 0 Å². The fraction of sp³-hybridized carbons (Fsp3) is 0.286. The Hall–Kier alpha value is -1.92. The van der Waals surface area contributed by atoms with Crippen LogP contribution in [0.3, 0.4) is 0 Å². The number of ether oxygens (including phenoxy) is 1. The first-order valence-electron chi connectivity index (χ1n) is 6.32. The number of halogens is 2. The molecular weight excluding hydrogens is 299 g/mol. The number of hydrogen-bond acceptors (Lipinski definition) is 3. The summed E-state index contributed by atoms with van der Waals surface area (Å²) < 4.78 is 19.2. The molecule has 0 saturated carbocycles. The lowest BCUT2D eigenvalue weighted by Gasteiger charge is -2.09. The third-order valence-corrected chi connectivity index (χ3v) is 3.27.